The van der Waals surface area contributed by atoms with Gasteiger partial charge in [-0.15, -0.1) is 17.8 Å². The molecular formula is C26H23N5O3S. The highest BCUT2D eigenvalue weighted by Crippen LogP contribution is 2.32. The molecule has 1 amide bonds. The van der Waals surface area contributed by atoms with Crippen LogP contribution < -0.4 is 4.90 Å². The Kier molecular flexibility index (Phi) is 5.97. The van der Waals surface area contributed by atoms with Crippen LogP contribution in [0, 0.1) is 12.3 Å². The lowest BCUT2D eigenvalue weighted by Crippen LogP contribution is -2.48. The summed E-state index contributed by atoms with van der Waals surface area (Å²) in [4.78, 5) is 33.2. The van der Waals surface area contributed by atoms with Crippen LogP contribution in [-0.4, -0.2) is 64.8 Å². The van der Waals surface area contributed by atoms with E-state index < -0.39 is 0 Å². The summed E-state index contributed by atoms with van der Waals surface area (Å²) in [5.74, 6) is 2.01. The Labute approximate surface area is 206 Å². The van der Waals surface area contributed by atoms with E-state index in [2.05, 4.69) is 33.0 Å². The van der Waals surface area contributed by atoms with Crippen molar-refractivity contribution in [2.75, 3.05) is 38.2 Å². The molecule has 8 nitrogen and oxygen atoms in total. The number of fused-ring (bicyclic) bond motifs is 1. The number of esters is 1. The summed E-state index contributed by atoms with van der Waals surface area (Å²) in [6.45, 7) is 2.67. The van der Waals surface area contributed by atoms with E-state index in [4.69, 9.17) is 11.2 Å². The topological polar surface area (TPSA) is 80.6 Å². The Morgan fingerprint density at radius 3 is 2.51 bits per heavy atom. The zero-order chi connectivity index (χ0) is 24.5. The molecule has 1 fully saturated rings. The number of hydrogen-bond acceptors (Lipinski definition) is 7. The minimum absolute atomic E-state index is 0.0799. The van der Waals surface area contributed by atoms with E-state index in [1.165, 1.54) is 18.4 Å². The van der Waals surface area contributed by atoms with Gasteiger partial charge in [0.15, 0.2) is 5.01 Å². The molecule has 35 heavy (non-hydrogen) atoms. The van der Waals surface area contributed by atoms with Crippen molar-refractivity contribution in [1.82, 2.24) is 19.7 Å². The lowest BCUT2D eigenvalue weighted by Gasteiger charge is -2.36. The molecule has 2 aromatic carbocycles. The molecule has 0 N–H and O–H groups in total. The summed E-state index contributed by atoms with van der Waals surface area (Å²) >= 11 is 1.31. The Morgan fingerprint density at radius 1 is 1.11 bits per heavy atom. The molecule has 0 radical (unpaired) electrons. The van der Waals surface area contributed by atoms with Crippen molar-refractivity contribution >= 4 is 39.8 Å². The number of amides is 1. The number of carbonyl (C=O) groups excluding carboxylic acids is 2. The predicted molar refractivity (Wildman–Crippen MR) is 136 cm³/mol. The fraction of sp³-hybridized carbons (Fsp3) is 0.231. The smallest absolute Gasteiger partial charge is 0.337 e. The maximum atomic E-state index is 12.7. The summed E-state index contributed by atoms with van der Waals surface area (Å²) in [6.07, 6.45) is 7.18. The second-order valence-corrected chi connectivity index (χ2v) is 9.08. The Morgan fingerprint density at radius 2 is 1.86 bits per heavy atom. The highest BCUT2D eigenvalue weighted by Gasteiger charge is 2.24. The molecule has 4 aromatic rings. The molecule has 3 heterocycles. The van der Waals surface area contributed by atoms with Crippen molar-refractivity contribution in [2.24, 2.45) is 7.05 Å². The molecule has 9 heteroatoms. The number of piperazine rings is 1. The van der Waals surface area contributed by atoms with Gasteiger partial charge in [0.05, 0.1) is 24.4 Å². The standard InChI is InChI=1S/C26H23N5O3S/c1-4-24-28-22(16-35-24)25(32)31-11-9-30(10-12-31)19-7-5-17(6-8-19)20-13-18(26(33)34-3)14-23-21(20)15-27-29(23)2/h1,5-8,13-16H,9-12H2,2-3H3. The molecular weight excluding hydrogens is 462 g/mol. The van der Waals surface area contributed by atoms with Gasteiger partial charge in [-0.3, -0.25) is 9.48 Å². The molecule has 0 unspecified atom stereocenters. The number of benzene rings is 2. The van der Waals surface area contributed by atoms with Gasteiger partial charge in [-0.25, -0.2) is 9.78 Å². The first-order valence-corrected chi connectivity index (χ1v) is 12.0. The van der Waals surface area contributed by atoms with Crippen LogP contribution in [0.1, 0.15) is 25.9 Å². The third-order valence-electron chi connectivity index (χ3n) is 6.25. The average Bonchev–Trinajstić information content (AvgIpc) is 3.54. The average molecular weight is 486 g/mol. The second kappa shape index (κ2) is 9.24. The van der Waals surface area contributed by atoms with Crippen LogP contribution in [0.2, 0.25) is 0 Å². The van der Waals surface area contributed by atoms with Crippen LogP contribution in [0.15, 0.2) is 48.0 Å². The van der Waals surface area contributed by atoms with Crippen molar-refractivity contribution in [3.63, 3.8) is 0 Å². The first-order valence-electron chi connectivity index (χ1n) is 11.1. The van der Waals surface area contributed by atoms with Crippen molar-refractivity contribution in [3.05, 3.63) is 64.2 Å². The fourth-order valence-corrected chi connectivity index (χ4v) is 4.94. The molecule has 5 rings (SSSR count). The SMILES string of the molecule is C#Cc1nc(C(=O)N2CCN(c3ccc(-c4cc(C(=O)OC)cc5c4cnn5C)cc3)CC2)cs1. The zero-order valence-corrected chi connectivity index (χ0v) is 20.2. The van der Waals surface area contributed by atoms with Gasteiger partial charge in [0.25, 0.3) is 5.91 Å². The third kappa shape index (κ3) is 4.24. The van der Waals surface area contributed by atoms with E-state index in [-0.39, 0.29) is 11.9 Å². The molecule has 0 saturated carbocycles. The summed E-state index contributed by atoms with van der Waals surface area (Å²) in [7, 11) is 3.23. The quantitative estimate of drug-likeness (QED) is 0.326. The monoisotopic (exact) mass is 485 g/mol. The molecule has 0 atom stereocenters. The van der Waals surface area contributed by atoms with Crippen molar-refractivity contribution in [1.29, 1.82) is 0 Å². The molecule has 0 aliphatic carbocycles. The summed E-state index contributed by atoms with van der Waals surface area (Å²) < 4.78 is 6.69. The molecule has 2 aromatic heterocycles. The van der Waals surface area contributed by atoms with Crippen molar-refractivity contribution < 1.29 is 14.3 Å². The van der Waals surface area contributed by atoms with Crippen LogP contribution >= 0.6 is 11.3 Å². The number of aromatic nitrogens is 3. The number of hydrogen-bond donors (Lipinski definition) is 0. The van der Waals surface area contributed by atoms with Gasteiger partial charge in [-0.2, -0.15) is 5.10 Å². The number of anilines is 1. The van der Waals surface area contributed by atoms with Gasteiger partial charge < -0.3 is 14.5 Å². The van der Waals surface area contributed by atoms with E-state index in [0.717, 1.165) is 40.8 Å². The molecule has 1 aliphatic heterocycles. The van der Waals surface area contributed by atoms with Gasteiger partial charge in [0, 0.05) is 49.7 Å². The minimum atomic E-state index is -0.383. The minimum Gasteiger partial charge on any atom is -0.465 e. The highest BCUT2D eigenvalue weighted by atomic mass is 32.1. The van der Waals surface area contributed by atoms with E-state index in [1.54, 1.807) is 16.1 Å². The van der Waals surface area contributed by atoms with Gasteiger partial charge in [-0.05, 0) is 41.3 Å². The number of carbonyl (C=O) groups is 2. The van der Waals surface area contributed by atoms with Gasteiger partial charge in [0.2, 0.25) is 0 Å². The largest absolute Gasteiger partial charge is 0.465 e. The van der Waals surface area contributed by atoms with Crippen LogP contribution in [0.4, 0.5) is 5.69 Å². The van der Waals surface area contributed by atoms with Gasteiger partial charge in [0.1, 0.15) is 5.69 Å². The zero-order valence-electron chi connectivity index (χ0n) is 19.4. The first kappa shape index (κ1) is 22.6. The molecule has 0 spiro atoms. The lowest BCUT2D eigenvalue weighted by atomic mass is 9.98. The Bertz CT molecular complexity index is 1460. The van der Waals surface area contributed by atoms with Crippen LogP contribution in [0.25, 0.3) is 22.0 Å². The van der Waals surface area contributed by atoms with Gasteiger partial charge in [-0.1, -0.05) is 12.1 Å². The Hall–Kier alpha value is -4.16. The molecule has 176 valence electrons. The Balaban J connectivity index is 1.33. The number of rotatable bonds is 4. The van der Waals surface area contributed by atoms with Crippen LogP contribution in [-0.2, 0) is 11.8 Å². The number of methoxy groups -OCH3 is 1. The van der Waals surface area contributed by atoms with E-state index in [9.17, 15) is 9.59 Å². The second-order valence-electron chi connectivity index (χ2n) is 8.22. The van der Waals surface area contributed by atoms with Gasteiger partial charge >= 0.3 is 5.97 Å². The summed E-state index contributed by atoms with van der Waals surface area (Å²) in [5, 5.41) is 7.57. The van der Waals surface area contributed by atoms with E-state index in [0.29, 0.717) is 29.4 Å². The fourth-order valence-electron chi connectivity index (χ4n) is 4.34. The highest BCUT2D eigenvalue weighted by molar-refractivity contribution is 7.10. The molecule has 1 aliphatic rings. The van der Waals surface area contributed by atoms with E-state index in [1.807, 2.05) is 36.3 Å². The molecule has 1 saturated heterocycles. The van der Waals surface area contributed by atoms with Crippen molar-refractivity contribution in [3.8, 4) is 23.5 Å². The van der Waals surface area contributed by atoms with Crippen LogP contribution in [0.5, 0.6) is 0 Å². The van der Waals surface area contributed by atoms with Crippen LogP contribution in [0.3, 0.4) is 0 Å². The lowest BCUT2D eigenvalue weighted by molar-refractivity contribution is 0.0600. The summed E-state index contributed by atoms with van der Waals surface area (Å²) in [5.41, 5.74) is 4.75. The number of terminal acetylenes is 1. The third-order valence-corrected chi connectivity index (χ3v) is 7.02. The van der Waals surface area contributed by atoms with E-state index >= 15 is 0 Å². The summed E-state index contributed by atoms with van der Waals surface area (Å²) in [6, 6.07) is 11.9. The number of nitrogens with zero attached hydrogens (tertiary/aromatic N) is 5. The number of aryl methyl sites for hydroxylation is 1. The molecule has 0 bridgehead atoms. The number of thiazole rings is 1. The van der Waals surface area contributed by atoms with Crippen molar-refractivity contribution in [2.45, 2.75) is 0 Å². The number of ether oxygens (including phenoxy) is 1. The predicted octanol–water partition coefficient (Wildman–Crippen LogP) is 3.43. The normalized spacial score (nSPS) is 13.6. The first-order chi connectivity index (χ1) is 17.0. The maximum absolute atomic E-state index is 12.7. The maximum Gasteiger partial charge on any atom is 0.337 e.